The lowest BCUT2D eigenvalue weighted by Gasteiger charge is -2.27. The molecule has 2 rings (SSSR count). The normalized spacial score (nSPS) is 16.8. The van der Waals surface area contributed by atoms with Gasteiger partial charge in [0.25, 0.3) is 5.56 Å². The van der Waals surface area contributed by atoms with Crippen molar-refractivity contribution in [2.45, 2.75) is 12.8 Å². The number of Topliss-reactive ketones (excluding diaryl/α,β-unsaturated/α-hetero) is 1. The Kier molecular flexibility index (Phi) is 2.45. The van der Waals surface area contributed by atoms with Gasteiger partial charge >= 0.3 is 0 Å². The van der Waals surface area contributed by atoms with E-state index in [4.69, 9.17) is 0 Å². The molecule has 0 aromatic carbocycles. The van der Waals surface area contributed by atoms with Gasteiger partial charge in [-0.25, -0.2) is 0 Å². The van der Waals surface area contributed by atoms with E-state index in [1.807, 2.05) is 4.90 Å². The molecule has 0 saturated carbocycles. The number of nitrogens with zero attached hydrogens (tertiary/aromatic N) is 1. The van der Waals surface area contributed by atoms with Crippen molar-refractivity contribution in [2.24, 2.45) is 0 Å². The maximum absolute atomic E-state index is 11.0. The van der Waals surface area contributed by atoms with Crippen LogP contribution in [0.1, 0.15) is 12.8 Å². The van der Waals surface area contributed by atoms with Crippen molar-refractivity contribution in [2.75, 3.05) is 18.0 Å². The number of ketones is 1. The molecule has 5 heteroatoms. The molecule has 1 fully saturated rings. The minimum Gasteiger partial charge on any atom is -0.503 e. The Morgan fingerprint density at radius 3 is 2.53 bits per heavy atom. The molecule has 0 atom stereocenters. The highest BCUT2D eigenvalue weighted by molar-refractivity contribution is 5.81. The fraction of sp³-hybridized carbons (Fsp3) is 0.400. The first-order valence-corrected chi connectivity index (χ1v) is 4.85. The molecule has 0 amide bonds. The van der Waals surface area contributed by atoms with Crippen LogP contribution >= 0.6 is 0 Å². The van der Waals surface area contributed by atoms with Gasteiger partial charge in [-0.2, -0.15) is 0 Å². The van der Waals surface area contributed by atoms with Gasteiger partial charge in [0.15, 0.2) is 5.75 Å². The fourth-order valence-corrected chi connectivity index (χ4v) is 1.66. The quantitative estimate of drug-likeness (QED) is 0.693. The minimum atomic E-state index is -0.494. The number of anilines is 1. The average molecular weight is 208 g/mol. The van der Waals surface area contributed by atoms with Gasteiger partial charge in [0.05, 0.1) is 5.69 Å². The third-order valence-corrected chi connectivity index (χ3v) is 2.55. The first-order chi connectivity index (χ1) is 7.16. The number of H-pyrrole nitrogens is 1. The summed E-state index contributed by atoms with van der Waals surface area (Å²) in [5, 5.41) is 9.25. The van der Waals surface area contributed by atoms with Crippen LogP contribution in [0.25, 0.3) is 0 Å². The highest BCUT2D eigenvalue weighted by Crippen LogP contribution is 2.18. The molecule has 5 nitrogen and oxygen atoms in total. The van der Waals surface area contributed by atoms with E-state index in [1.165, 1.54) is 6.07 Å². The lowest BCUT2D eigenvalue weighted by atomic mass is 10.1. The Hall–Kier alpha value is -1.78. The summed E-state index contributed by atoms with van der Waals surface area (Å²) in [5.41, 5.74) is 0.256. The molecule has 80 valence electrons. The highest BCUT2D eigenvalue weighted by atomic mass is 16.3. The molecule has 0 unspecified atom stereocenters. The number of aromatic nitrogens is 1. The predicted octanol–water partition coefficient (Wildman–Crippen LogP) is 0.250. The Morgan fingerprint density at radius 2 is 1.93 bits per heavy atom. The third-order valence-electron chi connectivity index (χ3n) is 2.55. The largest absolute Gasteiger partial charge is 0.503 e. The van der Waals surface area contributed by atoms with Gasteiger partial charge in [-0.1, -0.05) is 0 Å². The Labute approximate surface area is 86.3 Å². The van der Waals surface area contributed by atoms with Crippen LogP contribution in [0.2, 0.25) is 0 Å². The summed E-state index contributed by atoms with van der Waals surface area (Å²) in [6.45, 7) is 1.29. The number of rotatable bonds is 1. The Balaban J connectivity index is 2.19. The standard InChI is InChI=1S/C10H12N2O3/c13-8-1-3-12(4-2-8)7-5-9(14)10(15)11-6-7/h5-6,14H,1-4H2,(H,11,15). The first-order valence-electron chi connectivity index (χ1n) is 4.85. The maximum atomic E-state index is 11.0. The van der Waals surface area contributed by atoms with E-state index in [0.29, 0.717) is 25.9 Å². The number of piperidine rings is 1. The lowest BCUT2D eigenvalue weighted by molar-refractivity contribution is -0.119. The average Bonchev–Trinajstić information content (AvgIpc) is 2.23. The molecule has 2 N–H and O–H groups in total. The summed E-state index contributed by atoms with van der Waals surface area (Å²) in [5.74, 6) is -0.0238. The molecule has 2 heterocycles. The Morgan fingerprint density at radius 1 is 1.27 bits per heavy atom. The van der Waals surface area contributed by atoms with Gasteiger partial charge < -0.3 is 15.0 Å². The molecular weight excluding hydrogens is 196 g/mol. The van der Waals surface area contributed by atoms with Crippen LogP contribution in [-0.2, 0) is 4.79 Å². The van der Waals surface area contributed by atoms with Crippen molar-refractivity contribution in [3.05, 3.63) is 22.6 Å². The molecule has 0 radical (unpaired) electrons. The molecule has 1 aromatic rings. The summed E-state index contributed by atoms with van der Waals surface area (Å²) in [6.07, 6.45) is 2.61. The van der Waals surface area contributed by atoms with Crippen LogP contribution in [-0.4, -0.2) is 29.0 Å². The van der Waals surface area contributed by atoms with Gasteiger partial charge in [0, 0.05) is 38.2 Å². The predicted molar refractivity (Wildman–Crippen MR) is 55.2 cm³/mol. The monoisotopic (exact) mass is 208 g/mol. The van der Waals surface area contributed by atoms with Gasteiger partial charge in [0.1, 0.15) is 5.78 Å². The van der Waals surface area contributed by atoms with Gasteiger partial charge in [-0.3, -0.25) is 9.59 Å². The lowest BCUT2D eigenvalue weighted by Crippen LogP contribution is -2.34. The van der Waals surface area contributed by atoms with E-state index in [0.717, 1.165) is 5.69 Å². The molecule has 0 spiro atoms. The van der Waals surface area contributed by atoms with Gasteiger partial charge in [-0.15, -0.1) is 0 Å². The second kappa shape index (κ2) is 3.76. The number of aromatic hydroxyl groups is 1. The minimum absolute atomic E-state index is 0.264. The van der Waals surface area contributed by atoms with Crippen molar-refractivity contribution in [3.63, 3.8) is 0 Å². The van der Waals surface area contributed by atoms with Crippen molar-refractivity contribution in [1.82, 2.24) is 4.98 Å². The van der Waals surface area contributed by atoms with E-state index in [1.54, 1.807) is 6.20 Å². The molecular formula is C10H12N2O3. The summed E-state index contributed by atoms with van der Waals surface area (Å²) in [4.78, 5) is 26.4. The number of aromatic amines is 1. The second-order valence-electron chi connectivity index (χ2n) is 3.60. The Bertz CT molecular complexity index is 429. The van der Waals surface area contributed by atoms with Crippen LogP contribution in [0, 0.1) is 0 Å². The number of carbonyl (C=O) groups excluding carboxylic acids is 1. The van der Waals surface area contributed by atoms with E-state index < -0.39 is 5.56 Å². The molecule has 1 aromatic heterocycles. The first kappa shape index (κ1) is 9.76. The van der Waals surface area contributed by atoms with E-state index >= 15 is 0 Å². The van der Waals surface area contributed by atoms with Gasteiger partial charge in [-0.05, 0) is 0 Å². The summed E-state index contributed by atoms with van der Waals surface area (Å²) < 4.78 is 0. The van der Waals surface area contributed by atoms with Crippen molar-refractivity contribution < 1.29 is 9.90 Å². The number of hydrogen-bond donors (Lipinski definition) is 2. The number of carbonyl (C=O) groups is 1. The van der Waals surface area contributed by atoms with Gasteiger partial charge in [0.2, 0.25) is 0 Å². The zero-order valence-electron chi connectivity index (χ0n) is 8.19. The van der Waals surface area contributed by atoms with Crippen LogP contribution in [0.15, 0.2) is 17.1 Å². The van der Waals surface area contributed by atoms with Crippen LogP contribution < -0.4 is 10.5 Å². The molecule has 1 aliphatic rings. The van der Waals surface area contributed by atoms with E-state index in [-0.39, 0.29) is 11.5 Å². The molecule has 1 aliphatic heterocycles. The fourth-order valence-electron chi connectivity index (χ4n) is 1.66. The topological polar surface area (TPSA) is 73.4 Å². The van der Waals surface area contributed by atoms with E-state index in [2.05, 4.69) is 4.98 Å². The van der Waals surface area contributed by atoms with Crippen molar-refractivity contribution >= 4 is 11.5 Å². The summed E-state index contributed by atoms with van der Waals surface area (Å²) in [7, 11) is 0. The van der Waals surface area contributed by atoms with Crippen LogP contribution in [0.4, 0.5) is 5.69 Å². The smallest absolute Gasteiger partial charge is 0.290 e. The summed E-state index contributed by atoms with van der Waals surface area (Å²) >= 11 is 0. The number of pyridine rings is 1. The van der Waals surface area contributed by atoms with Crippen LogP contribution in [0.5, 0.6) is 5.75 Å². The summed E-state index contributed by atoms with van der Waals surface area (Å²) in [6, 6.07) is 1.43. The van der Waals surface area contributed by atoms with E-state index in [9.17, 15) is 14.7 Å². The SMILES string of the molecule is O=C1CCN(c2c[nH]c(=O)c(O)c2)CC1. The van der Waals surface area contributed by atoms with Crippen molar-refractivity contribution in [3.8, 4) is 5.75 Å². The molecule has 0 aliphatic carbocycles. The molecule has 15 heavy (non-hydrogen) atoms. The second-order valence-corrected chi connectivity index (χ2v) is 3.60. The van der Waals surface area contributed by atoms with Crippen molar-refractivity contribution in [1.29, 1.82) is 0 Å². The molecule has 1 saturated heterocycles. The highest BCUT2D eigenvalue weighted by Gasteiger charge is 2.17. The zero-order valence-corrected chi connectivity index (χ0v) is 8.19. The third kappa shape index (κ3) is 2.01. The number of nitrogens with one attached hydrogen (secondary N) is 1. The maximum Gasteiger partial charge on any atom is 0.290 e. The molecule has 0 bridgehead atoms. The zero-order chi connectivity index (χ0) is 10.8. The number of hydrogen-bond acceptors (Lipinski definition) is 4. The van der Waals surface area contributed by atoms with Crippen LogP contribution in [0.3, 0.4) is 0 Å².